The Morgan fingerprint density at radius 3 is 2.94 bits per heavy atom. The molecule has 4 heteroatoms. The first kappa shape index (κ1) is 13.8. The summed E-state index contributed by atoms with van der Waals surface area (Å²) in [7, 11) is 0. The van der Waals surface area contributed by atoms with E-state index in [4.69, 9.17) is 4.74 Å². The largest absolute Gasteiger partial charge is 0.493 e. The molecular weight excluding hydrogens is 289 g/mol. The standard InChI is InChI=1S/C12H16BrNO.ClH/c1-9-6-11(2-3-12(9)13)15-8-10-4-5-14-7-10;/h2-3,6,10,14H,4-5,7-8H2,1H3;1H. The van der Waals surface area contributed by atoms with Crippen LogP contribution in [0.2, 0.25) is 0 Å². The Morgan fingerprint density at radius 2 is 2.31 bits per heavy atom. The third kappa shape index (κ3) is 3.65. The molecule has 1 aromatic carbocycles. The summed E-state index contributed by atoms with van der Waals surface area (Å²) in [4.78, 5) is 0. The van der Waals surface area contributed by atoms with Crippen LogP contribution in [0.15, 0.2) is 22.7 Å². The minimum atomic E-state index is 0. The Morgan fingerprint density at radius 1 is 1.50 bits per heavy atom. The molecule has 16 heavy (non-hydrogen) atoms. The maximum atomic E-state index is 5.76. The minimum absolute atomic E-state index is 0. The van der Waals surface area contributed by atoms with E-state index < -0.39 is 0 Å². The van der Waals surface area contributed by atoms with Gasteiger partial charge >= 0.3 is 0 Å². The molecule has 1 saturated heterocycles. The molecule has 1 atom stereocenters. The molecule has 90 valence electrons. The molecule has 1 aliphatic heterocycles. The van der Waals surface area contributed by atoms with Crippen molar-refractivity contribution in [3.05, 3.63) is 28.2 Å². The van der Waals surface area contributed by atoms with E-state index in [1.807, 2.05) is 12.1 Å². The van der Waals surface area contributed by atoms with Gasteiger partial charge in [0.1, 0.15) is 5.75 Å². The SMILES string of the molecule is Cc1cc(OCC2CCNC2)ccc1Br.Cl. The van der Waals surface area contributed by atoms with E-state index in [1.54, 1.807) is 0 Å². The number of aryl methyl sites for hydroxylation is 1. The first-order valence-corrected chi connectivity index (χ1v) is 6.14. The summed E-state index contributed by atoms with van der Waals surface area (Å²) in [5, 5.41) is 3.34. The highest BCUT2D eigenvalue weighted by Gasteiger charge is 2.14. The topological polar surface area (TPSA) is 21.3 Å². The van der Waals surface area contributed by atoms with E-state index >= 15 is 0 Å². The molecule has 1 aromatic rings. The van der Waals surface area contributed by atoms with Gasteiger partial charge in [0.25, 0.3) is 0 Å². The van der Waals surface area contributed by atoms with Gasteiger partial charge in [-0.2, -0.15) is 0 Å². The van der Waals surface area contributed by atoms with E-state index in [0.29, 0.717) is 5.92 Å². The molecule has 1 fully saturated rings. The Bertz CT molecular complexity index is 340. The summed E-state index contributed by atoms with van der Waals surface area (Å²) in [6, 6.07) is 6.13. The predicted molar refractivity (Wildman–Crippen MR) is 72.6 cm³/mol. The molecule has 1 N–H and O–H groups in total. The second kappa shape index (κ2) is 6.48. The number of rotatable bonds is 3. The maximum absolute atomic E-state index is 5.76. The van der Waals surface area contributed by atoms with Crippen LogP contribution in [0.5, 0.6) is 5.75 Å². The number of halogens is 2. The molecule has 0 spiro atoms. The van der Waals surface area contributed by atoms with Crippen LogP contribution in [0.4, 0.5) is 0 Å². The van der Waals surface area contributed by atoms with Crippen molar-refractivity contribution >= 4 is 28.3 Å². The van der Waals surface area contributed by atoms with Gasteiger partial charge in [-0.05, 0) is 43.7 Å². The number of hydrogen-bond donors (Lipinski definition) is 1. The van der Waals surface area contributed by atoms with Crippen molar-refractivity contribution in [2.24, 2.45) is 5.92 Å². The molecule has 1 heterocycles. The lowest BCUT2D eigenvalue weighted by molar-refractivity contribution is 0.260. The van der Waals surface area contributed by atoms with Crippen molar-refractivity contribution in [1.82, 2.24) is 5.32 Å². The third-order valence-electron chi connectivity index (χ3n) is 2.78. The van der Waals surface area contributed by atoms with Crippen LogP contribution in [0, 0.1) is 12.8 Å². The Hall–Kier alpha value is -0.250. The van der Waals surface area contributed by atoms with E-state index in [2.05, 4.69) is 34.2 Å². The third-order valence-corrected chi connectivity index (χ3v) is 3.67. The van der Waals surface area contributed by atoms with Crippen LogP contribution in [-0.2, 0) is 0 Å². The summed E-state index contributed by atoms with van der Waals surface area (Å²) in [6.07, 6.45) is 1.23. The molecule has 0 bridgehead atoms. The van der Waals surface area contributed by atoms with Crippen molar-refractivity contribution in [2.75, 3.05) is 19.7 Å². The van der Waals surface area contributed by atoms with Gasteiger partial charge in [-0.3, -0.25) is 0 Å². The molecule has 0 aliphatic carbocycles. The fourth-order valence-corrected chi connectivity index (χ4v) is 2.02. The van der Waals surface area contributed by atoms with Gasteiger partial charge in [0.05, 0.1) is 6.61 Å². The first-order valence-electron chi connectivity index (χ1n) is 5.35. The quantitative estimate of drug-likeness (QED) is 0.926. The molecule has 0 saturated carbocycles. The molecular formula is C12H17BrClNO. The zero-order chi connectivity index (χ0) is 10.7. The van der Waals surface area contributed by atoms with Crippen LogP contribution >= 0.6 is 28.3 Å². The number of benzene rings is 1. The monoisotopic (exact) mass is 305 g/mol. The van der Waals surface area contributed by atoms with E-state index in [-0.39, 0.29) is 12.4 Å². The summed E-state index contributed by atoms with van der Waals surface area (Å²) in [5.41, 5.74) is 1.22. The maximum Gasteiger partial charge on any atom is 0.119 e. The van der Waals surface area contributed by atoms with Crippen LogP contribution in [0.1, 0.15) is 12.0 Å². The zero-order valence-electron chi connectivity index (χ0n) is 9.33. The lowest BCUT2D eigenvalue weighted by atomic mass is 10.1. The minimum Gasteiger partial charge on any atom is -0.493 e. The molecule has 2 rings (SSSR count). The fraction of sp³-hybridized carbons (Fsp3) is 0.500. The molecule has 0 amide bonds. The molecule has 1 aliphatic rings. The van der Waals surface area contributed by atoms with E-state index in [9.17, 15) is 0 Å². The van der Waals surface area contributed by atoms with Gasteiger partial charge in [-0.1, -0.05) is 15.9 Å². The van der Waals surface area contributed by atoms with Crippen molar-refractivity contribution in [3.63, 3.8) is 0 Å². The van der Waals surface area contributed by atoms with Gasteiger partial charge < -0.3 is 10.1 Å². The fourth-order valence-electron chi connectivity index (χ4n) is 1.78. The average molecular weight is 307 g/mol. The van der Waals surface area contributed by atoms with Crippen molar-refractivity contribution < 1.29 is 4.74 Å². The van der Waals surface area contributed by atoms with Gasteiger partial charge in [-0.15, -0.1) is 12.4 Å². The smallest absolute Gasteiger partial charge is 0.119 e. The molecule has 0 radical (unpaired) electrons. The normalized spacial score (nSPS) is 19.2. The lowest BCUT2D eigenvalue weighted by Crippen LogP contribution is -2.15. The highest BCUT2D eigenvalue weighted by Crippen LogP contribution is 2.22. The van der Waals surface area contributed by atoms with Crippen LogP contribution in [-0.4, -0.2) is 19.7 Å². The second-order valence-electron chi connectivity index (χ2n) is 4.08. The Balaban J connectivity index is 0.00000128. The summed E-state index contributed by atoms with van der Waals surface area (Å²) < 4.78 is 6.90. The zero-order valence-corrected chi connectivity index (χ0v) is 11.7. The Labute approximate surface area is 111 Å². The van der Waals surface area contributed by atoms with Gasteiger partial charge in [-0.25, -0.2) is 0 Å². The second-order valence-corrected chi connectivity index (χ2v) is 4.94. The molecule has 1 unspecified atom stereocenters. The van der Waals surface area contributed by atoms with Gasteiger partial charge in [0.15, 0.2) is 0 Å². The number of ether oxygens (including phenoxy) is 1. The van der Waals surface area contributed by atoms with E-state index in [0.717, 1.165) is 29.9 Å². The van der Waals surface area contributed by atoms with Crippen molar-refractivity contribution in [1.29, 1.82) is 0 Å². The summed E-state index contributed by atoms with van der Waals surface area (Å²) >= 11 is 3.48. The van der Waals surface area contributed by atoms with Crippen molar-refractivity contribution in [2.45, 2.75) is 13.3 Å². The highest BCUT2D eigenvalue weighted by atomic mass is 79.9. The van der Waals surface area contributed by atoms with E-state index in [1.165, 1.54) is 12.0 Å². The predicted octanol–water partition coefficient (Wildman–Crippen LogP) is 3.17. The molecule has 2 nitrogen and oxygen atoms in total. The lowest BCUT2D eigenvalue weighted by Gasteiger charge is -2.11. The molecule has 0 aromatic heterocycles. The summed E-state index contributed by atoms with van der Waals surface area (Å²) in [6.45, 7) is 5.13. The van der Waals surface area contributed by atoms with Gasteiger partial charge in [0.2, 0.25) is 0 Å². The first-order chi connectivity index (χ1) is 7.25. The van der Waals surface area contributed by atoms with Crippen LogP contribution < -0.4 is 10.1 Å². The highest BCUT2D eigenvalue weighted by molar-refractivity contribution is 9.10. The number of hydrogen-bond acceptors (Lipinski definition) is 2. The van der Waals surface area contributed by atoms with Gasteiger partial charge in [0, 0.05) is 16.9 Å². The van der Waals surface area contributed by atoms with Crippen molar-refractivity contribution in [3.8, 4) is 5.75 Å². The summed E-state index contributed by atoms with van der Waals surface area (Å²) in [5.74, 6) is 1.65. The van der Waals surface area contributed by atoms with Crippen LogP contribution in [0.3, 0.4) is 0 Å². The van der Waals surface area contributed by atoms with Crippen LogP contribution in [0.25, 0.3) is 0 Å². The average Bonchev–Trinajstić information content (AvgIpc) is 2.73. The Kier molecular flexibility index (Phi) is 5.59. The number of nitrogens with one attached hydrogen (secondary N) is 1.